The van der Waals surface area contributed by atoms with Gasteiger partial charge >= 0.3 is 0 Å². The van der Waals surface area contributed by atoms with Crippen LogP contribution in [0.15, 0.2) is 48.5 Å². The summed E-state index contributed by atoms with van der Waals surface area (Å²) in [5.74, 6) is 0.00646. The number of aryl methyl sites for hydroxylation is 1. The number of piperidine rings is 1. The van der Waals surface area contributed by atoms with E-state index in [0.29, 0.717) is 23.6 Å². The molecule has 5 N–H and O–H groups in total. The van der Waals surface area contributed by atoms with Crippen molar-refractivity contribution in [3.63, 3.8) is 0 Å². The zero-order chi connectivity index (χ0) is 22.0. The Morgan fingerprint density at radius 3 is 2.77 bits per heavy atom. The number of amides is 1. The maximum Gasteiger partial charge on any atom is 0.229 e. The summed E-state index contributed by atoms with van der Waals surface area (Å²) in [6.45, 7) is 3.26. The molecule has 0 spiro atoms. The van der Waals surface area contributed by atoms with Gasteiger partial charge in [-0.15, -0.1) is 0 Å². The van der Waals surface area contributed by atoms with Crippen LogP contribution in [0.2, 0.25) is 0 Å². The van der Waals surface area contributed by atoms with E-state index in [0.717, 1.165) is 30.6 Å². The maximum absolute atomic E-state index is 13.9. The zero-order valence-corrected chi connectivity index (χ0v) is 17.3. The number of nitrogens with zero attached hydrogens (tertiary/aromatic N) is 3. The Morgan fingerprint density at radius 1 is 1.16 bits per heavy atom. The Balaban J connectivity index is 1.53. The summed E-state index contributed by atoms with van der Waals surface area (Å²) in [5, 5.41) is 3.01. The highest BCUT2D eigenvalue weighted by molar-refractivity contribution is 5.93. The standard InChI is InChI=1S/C23H25FN6O/c1-14-4-2-6-17(10-14)27-22(31)16-5-3-9-30(13-16)21-12-20(28-23(26)29-21)15-7-8-19(25)18(24)11-15/h2,4,6-8,10-12,16H,3,5,9,13,25H2,1H3,(H,27,31)(H2,26,28,29)/t16-/m0/s1. The first-order chi connectivity index (χ1) is 14.9. The van der Waals surface area contributed by atoms with Gasteiger partial charge in [0.25, 0.3) is 0 Å². The molecule has 7 nitrogen and oxygen atoms in total. The number of benzene rings is 2. The van der Waals surface area contributed by atoms with Crippen LogP contribution in [0.25, 0.3) is 11.3 Å². The van der Waals surface area contributed by atoms with Crippen molar-refractivity contribution in [2.75, 3.05) is 34.8 Å². The van der Waals surface area contributed by atoms with Crippen molar-refractivity contribution in [1.29, 1.82) is 0 Å². The fourth-order valence-electron chi connectivity index (χ4n) is 3.82. The third-order valence-corrected chi connectivity index (χ3v) is 5.43. The van der Waals surface area contributed by atoms with Gasteiger partial charge in [-0.1, -0.05) is 18.2 Å². The number of hydrogen-bond donors (Lipinski definition) is 3. The summed E-state index contributed by atoms with van der Waals surface area (Å²) in [6.07, 6.45) is 1.65. The zero-order valence-electron chi connectivity index (χ0n) is 17.3. The maximum atomic E-state index is 13.9. The first-order valence-electron chi connectivity index (χ1n) is 10.2. The van der Waals surface area contributed by atoms with Crippen LogP contribution in [0.3, 0.4) is 0 Å². The first kappa shape index (κ1) is 20.6. The molecular weight excluding hydrogens is 395 g/mol. The van der Waals surface area contributed by atoms with Gasteiger partial charge in [0.1, 0.15) is 11.6 Å². The highest BCUT2D eigenvalue weighted by Crippen LogP contribution is 2.28. The van der Waals surface area contributed by atoms with Crippen LogP contribution in [0.4, 0.5) is 27.5 Å². The molecule has 1 aromatic heterocycles. The van der Waals surface area contributed by atoms with Gasteiger partial charge < -0.3 is 21.7 Å². The first-order valence-corrected chi connectivity index (χ1v) is 10.2. The fraction of sp³-hybridized carbons (Fsp3) is 0.261. The second kappa shape index (κ2) is 8.59. The largest absolute Gasteiger partial charge is 0.396 e. The number of halogens is 1. The lowest BCUT2D eigenvalue weighted by Crippen LogP contribution is -2.41. The van der Waals surface area contributed by atoms with Crippen LogP contribution in [0.5, 0.6) is 0 Å². The van der Waals surface area contributed by atoms with E-state index in [-0.39, 0.29) is 23.5 Å². The van der Waals surface area contributed by atoms with Crippen molar-refractivity contribution < 1.29 is 9.18 Å². The molecule has 1 saturated heterocycles. The van der Waals surface area contributed by atoms with Crippen LogP contribution >= 0.6 is 0 Å². The minimum absolute atomic E-state index is 0.0156. The molecule has 31 heavy (non-hydrogen) atoms. The quantitative estimate of drug-likeness (QED) is 0.556. The molecule has 1 amide bonds. The highest BCUT2D eigenvalue weighted by atomic mass is 19.1. The number of nitrogens with one attached hydrogen (secondary N) is 1. The molecule has 0 aliphatic carbocycles. The lowest BCUT2D eigenvalue weighted by molar-refractivity contribution is -0.120. The molecule has 3 aromatic rings. The van der Waals surface area contributed by atoms with E-state index < -0.39 is 5.82 Å². The number of rotatable bonds is 4. The van der Waals surface area contributed by atoms with Crippen molar-refractivity contribution in [2.45, 2.75) is 19.8 Å². The number of aromatic nitrogens is 2. The number of hydrogen-bond acceptors (Lipinski definition) is 6. The summed E-state index contributed by atoms with van der Waals surface area (Å²) in [5.41, 5.74) is 14.5. The van der Waals surface area contributed by atoms with Crippen molar-refractivity contribution in [3.05, 3.63) is 59.9 Å². The van der Waals surface area contributed by atoms with Crippen molar-refractivity contribution >= 4 is 29.0 Å². The number of nitrogen functional groups attached to an aromatic ring is 2. The predicted octanol–water partition coefficient (Wildman–Crippen LogP) is 3.61. The molecule has 0 radical (unpaired) electrons. The molecule has 2 heterocycles. The smallest absolute Gasteiger partial charge is 0.229 e. The van der Waals surface area contributed by atoms with Gasteiger partial charge in [0.2, 0.25) is 11.9 Å². The van der Waals surface area contributed by atoms with Gasteiger partial charge in [-0.25, -0.2) is 9.37 Å². The molecule has 8 heteroatoms. The fourth-order valence-corrected chi connectivity index (χ4v) is 3.82. The molecule has 1 fully saturated rings. The Hall–Kier alpha value is -3.68. The lowest BCUT2D eigenvalue weighted by Gasteiger charge is -2.33. The molecule has 0 bridgehead atoms. The second-order valence-corrected chi connectivity index (χ2v) is 7.85. The highest BCUT2D eigenvalue weighted by Gasteiger charge is 2.27. The molecular formula is C23H25FN6O. The number of anilines is 4. The van der Waals surface area contributed by atoms with Gasteiger partial charge in [0, 0.05) is 30.4 Å². The Labute approximate surface area is 180 Å². The summed E-state index contributed by atoms with van der Waals surface area (Å²) in [6, 6.07) is 14.0. The van der Waals surface area contributed by atoms with Crippen molar-refractivity contribution in [3.8, 4) is 11.3 Å². The normalized spacial score (nSPS) is 16.2. The Morgan fingerprint density at radius 2 is 2.00 bits per heavy atom. The molecule has 1 aliphatic rings. The Bertz CT molecular complexity index is 1120. The topological polar surface area (TPSA) is 110 Å². The van der Waals surface area contributed by atoms with Crippen LogP contribution in [0.1, 0.15) is 18.4 Å². The molecule has 2 aromatic carbocycles. The summed E-state index contributed by atoms with van der Waals surface area (Å²) >= 11 is 0. The van der Waals surface area contributed by atoms with Crippen LogP contribution in [-0.4, -0.2) is 29.0 Å². The van der Waals surface area contributed by atoms with Gasteiger partial charge in [0.05, 0.1) is 17.3 Å². The molecule has 1 atom stereocenters. The summed E-state index contributed by atoms with van der Waals surface area (Å²) in [4.78, 5) is 23.5. The summed E-state index contributed by atoms with van der Waals surface area (Å²) in [7, 11) is 0. The molecule has 160 valence electrons. The van der Waals surface area contributed by atoms with Gasteiger partial charge in [0.15, 0.2) is 0 Å². The van der Waals surface area contributed by atoms with E-state index in [2.05, 4.69) is 15.3 Å². The predicted molar refractivity (Wildman–Crippen MR) is 121 cm³/mol. The summed E-state index contributed by atoms with van der Waals surface area (Å²) < 4.78 is 13.9. The average Bonchev–Trinajstić information content (AvgIpc) is 2.75. The molecule has 0 saturated carbocycles. The van der Waals surface area contributed by atoms with E-state index in [1.807, 2.05) is 36.1 Å². The third kappa shape index (κ3) is 4.74. The Kier molecular flexibility index (Phi) is 5.70. The van der Waals surface area contributed by atoms with E-state index >= 15 is 0 Å². The minimum atomic E-state index is -0.512. The van der Waals surface area contributed by atoms with Crippen LogP contribution in [0, 0.1) is 18.7 Å². The van der Waals surface area contributed by atoms with Crippen LogP contribution < -0.4 is 21.7 Å². The number of nitrogens with two attached hydrogens (primary N) is 2. The van der Waals surface area contributed by atoms with Gasteiger partial charge in [-0.3, -0.25) is 4.79 Å². The molecule has 0 unspecified atom stereocenters. The monoisotopic (exact) mass is 420 g/mol. The van der Waals surface area contributed by atoms with Gasteiger partial charge in [-0.05, 0) is 49.6 Å². The van der Waals surface area contributed by atoms with Gasteiger partial charge in [-0.2, -0.15) is 4.98 Å². The lowest BCUT2D eigenvalue weighted by atomic mass is 9.97. The van der Waals surface area contributed by atoms with E-state index in [1.165, 1.54) is 12.1 Å². The van der Waals surface area contributed by atoms with E-state index in [1.54, 1.807) is 12.1 Å². The van der Waals surface area contributed by atoms with Crippen molar-refractivity contribution in [2.24, 2.45) is 5.92 Å². The van der Waals surface area contributed by atoms with E-state index in [4.69, 9.17) is 11.5 Å². The van der Waals surface area contributed by atoms with Crippen LogP contribution in [-0.2, 0) is 4.79 Å². The second-order valence-electron chi connectivity index (χ2n) is 7.85. The number of carbonyl (C=O) groups excluding carboxylic acids is 1. The molecule has 4 rings (SSSR count). The average molecular weight is 420 g/mol. The SMILES string of the molecule is Cc1cccc(NC(=O)[C@H]2CCCN(c3cc(-c4ccc(N)c(F)c4)nc(N)n3)C2)c1. The molecule has 1 aliphatic heterocycles. The third-order valence-electron chi connectivity index (χ3n) is 5.43. The van der Waals surface area contributed by atoms with E-state index in [9.17, 15) is 9.18 Å². The van der Waals surface area contributed by atoms with Crippen molar-refractivity contribution in [1.82, 2.24) is 9.97 Å². The number of carbonyl (C=O) groups is 1. The minimum Gasteiger partial charge on any atom is -0.396 e.